The SMILES string of the molecule is N#Cc1ccc(C=CCS)c(C(F)(F)F)c1. The molecule has 0 bridgehead atoms. The summed E-state index contributed by atoms with van der Waals surface area (Å²) in [6.45, 7) is 0. The molecule has 0 aliphatic heterocycles. The number of nitriles is 1. The van der Waals surface area contributed by atoms with E-state index in [4.69, 9.17) is 5.26 Å². The second kappa shape index (κ2) is 5.08. The van der Waals surface area contributed by atoms with Gasteiger partial charge in [0, 0.05) is 5.75 Å². The van der Waals surface area contributed by atoms with Gasteiger partial charge < -0.3 is 0 Å². The highest BCUT2D eigenvalue weighted by atomic mass is 32.1. The van der Waals surface area contributed by atoms with Crippen LogP contribution in [-0.4, -0.2) is 5.75 Å². The van der Waals surface area contributed by atoms with Gasteiger partial charge in [-0.1, -0.05) is 18.2 Å². The van der Waals surface area contributed by atoms with Gasteiger partial charge in [0.2, 0.25) is 0 Å². The Hall–Kier alpha value is -1.41. The molecule has 0 aliphatic rings. The summed E-state index contributed by atoms with van der Waals surface area (Å²) < 4.78 is 37.9. The number of nitrogens with zero attached hydrogens (tertiary/aromatic N) is 1. The van der Waals surface area contributed by atoms with E-state index in [0.717, 1.165) is 6.07 Å². The highest BCUT2D eigenvalue weighted by Gasteiger charge is 2.32. The molecule has 1 rings (SSSR count). The van der Waals surface area contributed by atoms with Crippen molar-refractivity contribution in [3.63, 3.8) is 0 Å². The number of thiol groups is 1. The molecule has 0 N–H and O–H groups in total. The van der Waals surface area contributed by atoms with E-state index in [1.807, 2.05) is 0 Å². The molecule has 5 heteroatoms. The minimum Gasteiger partial charge on any atom is -0.192 e. The molecule has 16 heavy (non-hydrogen) atoms. The first kappa shape index (κ1) is 12.7. The Kier molecular flexibility index (Phi) is 4.02. The number of benzene rings is 1. The summed E-state index contributed by atoms with van der Waals surface area (Å²) in [6.07, 6.45) is -1.60. The molecule has 1 aromatic rings. The minimum absolute atomic E-state index is 0.00431. The predicted molar refractivity (Wildman–Crippen MR) is 59.0 cm³/mol. The molecule has 0 unspecified atom stereocenters. The topological polar surface area (TPSA) is 23.8 Å². The van der Waals surface area contributed by atoms with Crippen LogP contribution in [0.5, 0.6) is 0 Å². The lowest BCUT2D eigenvalue weighted by molar-refractivity contribution is -0.137. The number of hydrogen-bond donors (Lipinski definition) is 1. The average molecular weight is 243 g/mol. The summed E-state index contributed by atoms with van der Waals surface area (Å²) in [5.41, 5.74) is -0.763. The van der Waals surface area contributed by atoms with Crippen LogP contribution in [0.25, 0.3) is 6.08 Å². The maximum atomic E-state index is 12.6. The standard InChI is InChI=1S/C11H8F3NS/c12-11(13,14)10-6-8(7-15)3-4-9(10)2-1-5-16/h1-4,6,16H,5H2. The molecule has 0 fully saturated rings. The lowest BCUT2D eigenvalue weighted by Gasteiger charge is -2.10. The Bertz CT molecular complexity index is 444. The lowest BCUT2D eigenvalue weighted by Crippen LogP contribution is -2.07. The van der Waals surface area contributed by atoms with Gasteiger partial charge in [-0.25, -0.2) is 0 Å². The van der Waals surface area contributed by atoms with E-state index in [1.165, 1.54) is 24.3 Å². The summed E-state index contributed by atoms with van der Waals surface area (Å²) in [6, 6.07) is 5.16. The number of hydrogen-bond acceptors (Lipinski definition) is 2. The monoisotopic (exact) mass is 243 g/mol. The molecule has 0 atom stereocenters. The van der Waals surface area contributed by atoms with Gasteiger partial charge in [-0.2, -0.15) is 31.1 Å². The van der Waals surface area contributed by atoms with Crippen LogP contribution in [0.3, 0.4) is 0 Å². The molecule has 0 aromatic heterocycles. The van der Waals surface area contributed by atoms with E-state index in [-0.39, 0.29) is 11.1 Å². The molecule has 0 aliphatic carbocycles. The molecule has 0 saturated heterocycles. The largest absolute Gasteiger partial charge is 0.417 e. The third-order valence-electron chi connectivity index (χ3n) is 1.89. The van der Waals surface area contributed by atoms with Crippen LogP contribution in [0.4, 0.5) is 13.2 Å². The van der Waals surface area contributed by atoms with Gasteiger partial charge in [0.1, 0.15) is 0 Å². The highest BCUT2D eigenvalue weighted by Crippen LogP contribution is 2.33. The van der Waals surface area contributed by atoms with Crippen LogP contribution < -0.4 is 0 Å². The van der Waals surface area contributed by atoms with E-state index in [1.54, 1.807) is 6.07 Å². The zero-order valence-corrected chi connectivity index (χ0v) is 9.02. The molecule has 0 heterocycles. The molecule has 0 amide bonds. The van der Waals surface area contributed by atoms with Gasteiger partial charge >= 0.3 is 6.18 Å². The third-order valence-corrected chi connectivity index (χ3v) is 2.10. The fourth-order valence-corrected chi connectivity index (χ4v) is 1.30. The van der Waals surface area contributed by atoms with Crippen molar-refractivity contribution in [2.24, 2.45) is 0 Å². The van der Waals surface area contributed by atoms with Crippen molar-refractivity contribution in [3.05, 3.63) is 41.0 Å². The quantitative estimate of drug-likeness (QED) is 0.789. The van der Waals surface area contributed by atoms with Crippen molar-refractivity contribution in [1.29, 1.82) is 5.26 Å². The second-order valence-electron chi connectivity index (χ2n) is 3.00. The normalized spacial score (nSPS) is 11.7. The Morgan fingerprint density at radius 1 is 1.38 bits per heavy atom. The molecule has 0 saturated carbocycles. The number of rotatable bonds is 2. The van der Waals surface area contributed by atoms with Crippen molar-refractivity contribution in [2.75, 3.05) is 5.75 Å². The van der Waals surface area contributed by atoms with E-state index < -0.39 is 11.7 Å². The van der Waals surface area contributed by atoms with Crippen LogP contribution in [-0.2, 0) is 6.18 Å². The Balaban J connectivity index is 3.29. The summed E-state index contributed by atoms with van der Waals surface area (Å²) in [7, 11) is 0. The zero-order valence-electron chi connectivity index (χ0n) is 8.12. The number of halogens is 3. The van der Waals surface area contributed by atoms with Gasteiger partial charge in [0.15, 0.2) is 0 Å². The van der Waals surface area contributed by atoms with Gasteiger partial charge in [0.05, 0.1) is 17.2 Å². The van der Waals surface area contributed by atoms with Gasteiger partial charge in [-0.15, -0.1) is 0 Å². The third kappa shape index (κ3) is 3.04. The first-order chi connectivity index (χ1) is 7.49. The van der Waals surface area contributed by atoms with Gasteiger partial charge in [-0.3, -0.25) is 0 Å². The predicted octanol–water partition coefficient (Wildman–Crippen LogP) is 3.52. The average Bonchev–Trinajstić information content (AvgIpc) is 2.25. The van der Waals surface area contributed by atoms with Gasteiger partial charge in [0.25, 0.3) is 0 Å². The van der Waals surface area contributed by atoms with Crippen LogP contribution >= 0.6 is 12.6 Å². The maximum absolute atomic E-state index is 12.6. The van der Waals surface area contributed by atoms with E-state index in [0.29, 0.717) is 5.75 Å². The zero-order chi connectivity index (χ0) is 12.2. The highest BCUT2D eigenvalue weighted by molar-refractivity contribution is 7.80. The summed E-state index contributed by atoms with van der Waals surface area (Å²) >= 11 is 3.88. The van der Waals surface area contributed by atoms with E-state index >= 15 is 0 Å². The fourth-order valence-electron chi connectivity index (χ4n) is 1.20. The Labute approximate surface area is 96.6 Å². The minimum atomic E-state index is -4.46. The molecule has 0 spiro atoms. The van der Waals surface area contributed by atoms with Crippen LogP contribution in [0.1, 0.15) is 16.7 Å². The molecule has 0 radical (unpaired) electrons. The maximum Gasteiger partial charge on any atom is 0.417 e. The van der Waals surface area contributed by atoms with Crippen molar-refractivity contribution >= 4 is 18.7 Å². The van der Waals surface area contributed by atoms with Crippen molar-refractivity contribution < 1.29 is 13.2 Å². The number of alkyl halides is 3. The molecular formula is C11H8F3NS. The smallest absolute Gasteiger partial charge is 0.192 e. The van der Waals surface area contributed by atoms with Crippen LogP contribution in [0.2, 0.25) is 0 Å². The summed E-state index contributed by atoms with van der Waals surface area (Å²) in [5, 5.41) is 8.55. The van der Waals surface area contributed by atoms with E-state index in [9.17, 15) is 13.2 Å². The lowest BCUT2D eigenvalue weighted by atomic mass is 10.0. The first-order valence-electron chi connectivity index (χ1n) is 4.38. The Morgan fingerprint density at radius 2 is 2.06 bits per heavy atom. The van der Waals surface area contributed by atoms with Crippen LogP contribution in [0, 0.1) is 11.3 Å². The molecule has 1 aromatic carbocycles. The first-order valence-corrected chi connectivity index (χ1v) is 5.01. The Morgan fingerprint density at radius 3 is 2.56 bits per heavy atom. The van der Waals surface area contributed by atoms with Crippen LogP contribution in [0.15, 0.2) is 24.3 Å². The summed E-state index contributed by atoms with van der Waals surface area (Å²) in [4.78, 5) is 0. The van der Waals surface area contributed by atoms with Crippen molar-refractivity contribution in [2.45, 2.75) is 6.18 Å². The molecular weight excluding hydrogens is 235 g/mol. The second-order valence-corrected chi connectivity index (χ2v) is 3.36. The van der Waals surface area contributed by atoms with Crippen molar-refractivity contribution in [3.8, 4) is 6.07 Å². The summed E-state index contributed by atoms with van der Waals surface area (Å²) in [5.74, 6) is 0.358. The fraction of sp³-hybridized carbons (Fsp3) is 0.182. The van der Waals surface area contributed by atoms with Crippen molar-refractivity contribution in [1.82, 2.24) is 0 Å². The van der Waals surface area contributed by atoms with E-state index in [2.05, 4.69) is 12.6 Å². The molecule has 1 nitrogen and oxygen atoms in total. The molecule has 84 valence electrons. The van der Waals surface area contributed by atoms with Gasteiger partial charge in [-0.05, 0) is 17.7 Å².